The van der Waals surface area contributed by atoms with E-state index in [2.05, 4.69) is 0 Å². The van der Waals surface area contributed by atoms with Gasteiger partial charge >= 0.3 is 0 Å². The molecule has 0 saturated carbocycles. The average molecular weight is 445 g/mol. The summed E-state index contributed by atoms with van der Waals surface area (Å²) < 4.78 is 10.8. The fourth-order valence-electron chi connectivity index (χ4n) is 2.88. The Labute approximate surface area is 179 Å². The number of carbonyl (C=O) groups is 1. The van der Waals surface area contributed by atoms with E-state index < -0.39 is 6.29 Å². The highest BCUT2D eigenvalue weighted by molar-refractivity contribution is 6.39. The molecule has 150 valence electrons. The van der Waals surface area contributed by atoms with E-state index in [0.29, 0.717) is 45.8 Å². The second kappa shape index (κ2) is 9.92. The summed E-state index contributed by atoms with van der Waals surface area (Å²) in [5, 5.41) is 2.66. The van der Waals surface area contributed by atoms with Gasteiger partial charge < -0.3 is 9.47 Å². The van der Waals surface area contributed by atoms with Crippen molar-refractivity contribution in [1.82, 2.24) is 5.06 Å². The molecule has 1 amide bonds. The monoisotopic (exact) mass is 443 g/mol. The first kappa shape index (κ1) is 21.4. The van der Waals surface area contributed by atoms with Crippen molar-refractivity contribution in [2.45, 2.75) is 25.7 Å². The maximum absolute atomic E-state index is 13.0. The van der Waals surface area contributed by atoms with E-state index in [9.17, 15) is 4.79 Å². The SMILES string of the molecule is C[C@@H](Cc1c(Cl)cc(Cl)cc1Cl)N(OCC1OCCO1)C(=O)c1ccccc1. The number of hydroxylamine groups is 2. The van der Waals surface area contributed by atoms with E-state index in [4.69, 9.17) is 49.1 Å². The number of carbonyl (C=O) groups excluding carboxylic acids is 1. The quantitative estimate of drug-likeness (QED) is 0.562. The highest BCUT2D eigenvalue weighted by atomic mass is 35.5. The van der Waals surface area contributed by atoms with Crippen molar-refractivity contribution in [3.05, 3.63) is 68.7 Å². The second-order valence-electron chi connectivity index (χ2n) is 6.37. The molecule has 0 aliphatic carbocycles. The van der Waals surface area contributed by atoms with E-state index in [-0.39, 0.29) is 18.6 Å². The number of benzene rings is 2. The minimum Gasteiger partial charge on any atom is -0.348 e. The Morgan fingerprint density at radius 2 is 1.75 bits per heavy atom. The number of hydrogen-bond donors (Lipinski definition) is 0. The molecule has 2 aromatic rings. The molecule has 0 radical (unpaired) electrons. The van der Waals surface area contributed by atoms with Crippen molar-refractivity contribution in [3.63, 3.8) is 0 Å². The topological polar surface area (TPSA) is 48.0 Å². The van der Waals surface area contributed by atoms with Crippen LogP contribution in [0.15, 0.2) is 42.5 Å². The average Bonchev–Trinajstić information content (AvgIpc) is 3.19. The van der Waals surface area contributed by atoms with Crippen LogP contribution in [0.4, 0.5) is 0 Å². The molecule has 1 fully saturated rings. The molecule has 1 aliphatic rings. The zero-order valence-corrected chi connectivity index (χ0v) is 17.5. The van der Waals surface area contributed by atoms with Gasteiger partial charge in [-0.3, -0.25) is 9.63 Å². The lowest BCUT2D eigenvalue weighted by Crippen LogP contribution is -2.41. The Hall–Kier alpha value is -1.34. The second-order valence-corrected chi connectivity index (χ2v) is 7.62. The largest absolute Gasteiger partial charge is 0.348 e. The van der Waals surface area contributed by atoms with Gasteiger partial charge in [0, 0.05) is 20.6 Å². The molecule has 0 aromatic heterocycles. The Kier molecular flexibility index (Phi) is 7.57. The van der Waals surface area contributed by atoms with Crippen LogP contribution in [0.5, 0.6) is 0 Å². The molecule has 0 bridgehead atoms. The van der Waals surface area contributed by atoms with Gasteiger partial charge in [0.2, 0.25) is 0 Å². The van der Waals surface area contributed by atoms with Crippen LogP contribution in [-0.4, -0.2) is 43.1 Å². The predicted octanol–water partition coefficient (Wildman–Crippen LogP) is 5.02. The van der Waals surface area contributed by atoms with Gasteiger partial charge in [0.1, 0.15) is 6.61 Å². The lowest BCUT2D eigenvalue weighted by atomic mass is 10.1. The summed E-state index contributed by atoms with van der Waals surface area (Å²) in [6.45, 7) is 2.97. The molecule has 1 saturated heterocycles. The van der Waals surface area contributed by atoms with Crippen LogP contribution in [0.2, 0.25) is 15.1 Å². The van der Waals surface area contributed by atoms with Gasteiger partial charge in [0.15, 0.2) is 6.29 Å². The third-order valence-corrected chi connectivity index (χ3v) is 5.16. The van der Waals surface area contributed by atoms with Gasteiger partial charge in [0.25, 0.3) is 5.91 Å². The van der Waals surface area contributed by atoms with Crippen LogP contribution in [0.1, 0.15) is 22.8 Å². The van der Waals surface area contributed by atoms with E-state index in [1.807, 2.05) is 13.0 Å². The fraction of sp³-hybridized carbons (Fsp3) is 0.350. The smallest absolute Gasteiger partial charge is 0.277 e. The number of amides is 1. The molecule has 8 heteroatoms. The summed E-state index contributed by atoms with van der Waals surface area (Å²) in [5.41, 5.74) is 1.21. The molecule has 5 nitrogen and oxygen atoms in total. The van der Waals surface area contributed by atoms with Gasteiger partial charge in [-0.15, -0.1) is 0 Å². The number of nitrogens with zero attached hydrogens (tertiary/aromatic N) is 1. The van der Waals surface area contributed by atoms with Crippen LogP contribution in [0, 0.1) is 0 Å². The van der Waals surface area contributed by atoms with E-state index in [0.717, 1.165) is 0 Å². The number of ether oxygens (including phenoxy) is 2. The molecule has 28 heavy (non-hydrogen) atoms. The van der Waals surface area contributed by atoms with Crippen molar-refractivity contribution < 1.29 is 19.1 Å². The summed E-state index contributed by atoms with van der Waals surface area (Å²) in [7, 11) is 0. The molecule has 1 heterocycles. The first-order valence-electron chi connectivity index (χ1n) is 8.84. The molecule has 0 unspecified atom stereocenters. The van der Waals surface area contributed by atoms with Crippen LogP contribution in [0.25, 0.3) is 0 Å². The molecule has 2 aromatic carbocycles. The van der Waals surface area contributed by atoms with E-state index >= 15 is 0 Å². The number of hydrogen-bond acceptors (Lipinski definition) is 4. The summed E-state index contributed by atoms with van der Waals surface area (Å²) in [6, 6.07) is 11.8. The van der Waals surface area contributed by atoms with Gasteiger partial charge in [-0.1, -0.05) is 53.0 Å². The van der Waals surface area contributed by atoms with Crippen molar-refractivity contribution in [2.24, 2.45) is 0 Å². The van der Waals surface area contributed by atoms with Crippen molar-refractivity contribution in [3.8, 4) is 0 Å². The number of halogens is 3. The standard InChI is InChI=1S/C20H20Cl3NO4/c1-13(9-16-17(22)10-15(21)11-18(16)23)24(28-12-19-26-7-8-27-19)20(25)14-5-3-2-4-6-14/h2-6,10-11,13,19H,7-9,12H2,1H3/t13-/m0/s1. The Balaban J connectivity index is 1.79. The maximum atomic E-state index is 13.0. The molecule has 0 N–H and O–H groups in total. The van der Waals surface area contributed by atoms with Gasteiger partial charge in [-0.25, -0.2) is 5.06 Å². The highest BCUT2D eigenvalue weighted by Crippen LogP contribution is 2.31. The Morgan fingerprint density at radius 1 is 1.14 bits per heavy atom. The molecular weight excluding hydrogens is 425 g/mol. The van der Waals surface area contributed by atoms with Gasteiger partial charge in [-0.05, 0) is 43.2 Å². The van der Waals surface area contributed by atoms with E-state index in [1.165, 1.54) is 5.06 Å². The Bertz CT molecular complexity index is 789. The number of rotatable bonds is 7. The van der Waals surface area contributed by atoms with Gasteiger partial charge in [0.05, 0.1) is 19.3 Å². The Morgan fingerprint density at radius 3 is 2.36 bits per heavy atom. The third-order valence-electron chi connectivity index (χ3n) is 4.27. The summed E-state index contributed by atoms with van der Waals surface area (Å²) in [4.78, 5) is 18.8. The van der Waals surface area contributed by atoms with E-state index in [1.54, 1.807) is 36.4 Å². The summed E-state index contributed by atoms with van der Waals surface area (Å²) in [5.74, 6) is -0.271. The van der Waals surface area contributed by atoms with Crippen LogP contribution in [-0.2, 0) is 20.7 Å². The van der Waals surface area contributed by atoms with Crippen molar-refractivity contribution in [2.75, 3.05) is 19.8 Å². The van der Waals surface area contributed by atoms with Crippen molar-refractivity contribution in [1.29, 1.82) is 0 Å². The zero-order valence-electron chi connectivity index (χ0n) is 15.2. The minimum absolute atomic E-state index is 0.102. The van der Waals surface area contributed by atoms with Crippen LogP contribution in [0.3, 0.4) is 0 Å². The highest BCUT2D eigenvalue weighted by Gasteiger charge is 2.27. The third kappa shape index (κ3) is 5.38. The van der Waals surface area contributed by atoms with Crippen LogP contribution < -0.4 is 0 Å². The first-order chi connectivity index (χ1) is 13.5. The minimum atomic E-state index is -0.499. The summed E-state index contributed by atoms with van der Waals surface area (Å²) in [6.07, 6.45) is -0.110. The predicted molar refractivity (Wildman–Crippen MR) is 109 cm³/mol. The first-order valence-corrected chi connectivity index (χ1v) is 9.97. The maximum Gasteiger partial charge on any atom is 0.277 e. The molecule has 0 spiro atoms. The fourth-order valence-corrected chi connectivity index (χ4v) is 3.86. The lowest BCUT2D eigenvalue weighted by Gasteiger charge is -2.29. The summed E-state index contributed by atoms with van der Waals surface area (Å²) >= 11 is 18.6. The molecule has 1 atom stereocenters. The van der Waals surface area contributed by atoms with Crippen LogP contribution >= 0.6 is 34.8 Å². The molecule has 1 aliphatic heterocycles. The lowest BCUT2D eigenvalue weighted by molar-refractivity contribution is -0.198. The van der Waals surface area contributed by atoms with Crippen molar-refractivity contribution >= 4 is 40.7 Å². The normalized spacial score (nSPS) is 15.6. The molecular formula is C20H20Cl3NO4. The van der Waals surface area contributed by atoms with Gasteiger partial charge in [-0.2, -0.15) is 0 Å². The molecule has 3 rings (SSSR count). The zero-order chi connectivity index (χ0) is 20.1.